The fourth-order valence-electron chi connectivity index (χ4n) is 2.80. The van der Waals surface area contributed by atoms with Crippen molar-refractivity contribution >= 4 is 17.5 Å². The first-order valence-electron chi connectivity index (χ1n) is 9.03. The van der Waals surface area contributed by atoms with Gasteiger partial charge in [-0.25, -0.2) is 4.68 Å². The molecule has 0 spiro atoms. The highest BCUT2D eigenvalue weighted by Crippen LogP contribution is 2.19. The van der Waals surface area contributed by atoms with E-state index < -0.39 is 5.91 Å². The third-order valence-electron chi connectivity index (χ3n) is 4.18. The predicted molar refractivity (Wildman–Crippen MR) is 107 cm³/mol. The van der Waals surface area contributed by atoms with Gasteiger partial charge in [0.25, 0.3) is 5.91 Å². The Morgan fingerprint density at radius 3 is 2.46 bits per heavy atom. The highest BCUT2D eigenvalue weighted by Gasteiger charge is 2.17. The summed E-state index contributed by atoms with van der Waals surface area (Å²) in [4.78, 5) is 23.5. The summed E-state index contributed by atoms with van der Waals surface area (Å²) in [5, 5.41) is 7.26. The van der Waals surface area contributed by atoms with Crippen molar-refractivity contribution in [1.82, 2.24) is 9.78 Å². The van der Waals surface area contributed by atoms with Gasteiger partial charge in [0.15, 0.2) is 0 Å². The van der Waals surface area contributed by atoms with Crippen LogP contribution in [0.1, 0.15) is 29.4 Å². The molecule has 0 aliphatic carbocycles. The first kappa shape index (κ1) is 19.2. The lowest BCUT2D eigenvalue weighted by molar-refractivity contribution is -0.118. The number of anilines is 1. The van der Waals surface area contributed by atoms with Gasteiger partial charge in [-0.05, 0) is 42.8 Å². The molecule has 7 nitrogen and oxygen atoms in total. The third-order valence-corrected chi connectivity index (χ3v) is 4.18. The molecular formula is C21H22N4O3. The zero-order valence-corrected chi connectivity index (χ0v) is 15.6. The number of carbonyl (C=O) groups excluding carboxylic acids is 2. The minimum absolute atomic E-state index is 0.156. The van der Waals surface area contributed by atoms with Gasteiger partial charge in [0.1, 0.15) is 5.75 Å². The van der Waals surface area contributed by atoms with Gasteiger partial charge in [0.2, 0.25) is 5.91 Å². The van der Waals surface area contributed by atoms with Crippen LogP contribution in [0.25, 0.3) is 5.69 Å². The van der Waals surface area contributed by atoms with Gasteiger partial charge in [-0.2, -0.15) is 5.10 Å². The van der Waals surface area contributed by atoms with Crippen molar-refractivity contribution in [2.75, 3.05) is 11.9 Å². The molecule has 1 aromatic heterocycles. The number of benzene rings is 2. The smallest absolute Gasteiger partial charge is 0.259 e. The maximum Gasteiger partial charge on any atom is 0.259 e. The van der Waals surface area contributed by atoms with E-state index in [0.717, 1.165) is 11.4 Å². The van der Waals surface area contributed by atoms with Gasteiger partial charge in [-0.1, -0.05) is 25.1 Å². The van der Waals surface area contributed by atoms with E-state index in [-0.39, 0.29) is 18.9 Å². The number of hydrogen-bond donors (Lipinski definition) is 2. The number of nitrogens with two attached hydrogens (primary N) is 1. The van der Waals surface area contributed by atoms with Crippen LogP contribution in [0.5, 0.6) is 5.75 Å². The molecule has 0 atom stereocenters. The van der Waals surface area contributed by atoms with Crippen molar-refractivity contribution in [2.45, 2.75) is 19.8 Å². The number of carbonyl (C=O) groups is 2. The van der Waals surface area contributed by atoms with Crippen molar-refractivity contribution in [3.05, 3.63) is 72.1 Å². The summed E-state index contributed by atoms with van der Waals surface area (Å²) in [7, 11) is 0. The predicted octanol–water partition coefficient (Wildman–Crippen LogP) is 2.94. The summed E-state index contributed by atoms with van der Waals surface area (Å²) in [6.07, 6.45) is 2.41. The first-order valence-corrected chi connectivity index (χ1v) is 9.03. The Hall–Kier alpha value is -3.61. The van der Waals surface area contributed by atoms with Gasteiger partial charge >= 0.3 is 0 Å². The molecule has 0 saturated heterocycles. The zero-order chi connectivity index (χ0) is 19.9. The van der Waals surface area contributed by atoms with Gasteiger partial charge in [0, 0.05) is 5.69 Å². The van der Waals surface area contributed by atoms with Crippen LogP contribution in [0.15, 0.2) is 60.8 Å². The van der Waals surface area contributed by atoms with E-state index in [1.165, 1.54) is 0 Å². The number of hydrogen-bond acceptors (Lipinski definition) is 4. The Morgan fingerprint density at radius 1 is 1.11 bits per heavy atom. The summed E-state index contributed by atoms with van der Waals surface area (Å²) in [5.41, 5.74) is 8.01. The largest absolute Gasteiger partial charge is 0.493 e. The molecule has 28 heavy (non-hydrogen) atoms. The topological polar surface area (TPSA) is 99.2 Å². The van der Waals surface area contributed by atoms with Crippen molar-refractivity contribution in [1.29, 1.82) is 0 Å². The van der Waals surface area contributed by atoms with Crippen LogP contribution < -0.4 is 15.8 Å². The highest BCUT2D eigenvalue weighted by molar-refractivity contribution is 6.05. The van der Waals surface area contributed by atoms with E-state index in [0.29, 0.717) is 23.4 Å². The second kappa shape index (κ2) is 8.85. The number of amides is 2. The van der Waals surface area contributed by atoms with Crippen molar-refractivity contribution in [3.63, 3.8) is 0 Å². The van der Waals surface area contributed by atoms with E-state index in [1.54, 1.807) is 35.1 Å². The number of primary amides is 1. The maximum absolute atomic E-state index is 12.7. The normalized spacial score (nSPS) is 10.5. The lowest BCUT2D eigenvalue weighted by atomic mass is 10.1. The van der Waals surface area contributed by atoms with Crippen molar-refractivity contribution < 1.29 is 14.3 Å². The molecule has 0 fully saturated rings. The zero-order valence-electron chi connectivity index (χ0n) is 15.6. The Bertz CT molecular complexity index is 950. The molecule has 0 aliphatic rings. The number of rotatable bonds is 8. The van der Waals surface area contributed by atoms with Crippen molar-refractivity contribution in [2.24, 2.45) is 5.73 Å². The van der Waals surface area contributed by atoms with Crippen LogP contribution in [0.2, 0.25) is 0 Å². The van der Waals surface area contributed by atoms with Crippen LogP contribution >= 0.6 is 0 Å². The maximum atomic E-state index is 12.7. The van der Waals surface area contributed by atoms with Gasteiger partial charge in [0.05, 0.1) is 36.2 Å². The first-order chi connectivity index (χ1) is 13.6. The monoisotopic (exact) mass is 378 g/mol. The van der Waals surface area contributed by atoms with Crippen LogP contribution in [0.3, 0.4) is 0 Å². The van der Waals surface area contributed by atoms with Crippen LogP contribution in [-0.2, 0) is 11.2 Å². The molecule has 3 aromatic rings. The number of ether oxygens (including phenoxy) is 1. The molecule has 3 N–H and O–H groups in total. The van der Waals surface area contributed by atoms with E-state index >= 15 is 0 Å². The Balaban J connectivity index is 1.70. The lowest BCUT2D eigenvalue weighted by Gasteiger charge is -2.09. The summed E-state index contributed by atoms with van der Waals surface area (Å²) in [5.74, 6) is -0.0292. The molecule has 144 valence electrons. The van der Waals surface area contributed by atoms with Gasteiger partial charge < -0.3 is 15.8 Å². The molecule has 2 amide bonds. The average molecular weight is 378 g/mol. The molecular weight excluding hydrogens is 356 g/mol. The Morgan fingerprint density at radius 2 is 1.82 bits per heavy atom. The Labute approximate surface area is 163 Å². The molecule has 7 heteroatoms. The minimum Gasteiger partial charge on any atom is -0.493 e. The Kier molecular flexibility index (Phi) is 6.06. The summed E-state index contributed by atoms with van der Waals surface area (Å²) in [6, 6.07) is 16.6. The lowest BCUT2D eigenvalue weighted by Crippen LogP contribution is -2.15. The third kappa shape index (κ3) is 4.56. The summed E-state index contributed by atoms with van der Waals surface area (Å²) < 4.78 is 7.21. The van der Waals surface area contributed by atoms with Gasteiger partial charge in [-0.15, -0.1) is 0 Å². The highest BCUT2D eigenvalue weighted by atomic mass is 16.5. The summed E-state index contributed by atoms with van der Waals surface area (Å²) in [6.45, 7) is 2.21. The number of nitrogens with zero attached hydrogens (tertiary/aromatic N) is 2. The van der Waals surface area contributed by atoms with Crippen LogP contribution in [0.4, 0.5) is 5.69 Å². The second-order valence-corrected chi connectivity index (χ2v) is 6.15. The SMILES string of the molecule is CCc1c(C(=O)Nc2ccc(OCCC(N)=O)cc2)cnn1-c1ccccc1. The minimum atomic E-state index is -0.410. The van der Waals surface area contributed by atoms with Crippen LogP contribution in [0, 0.1) is 0 Å². The second-order valence-electron chi connectivity index (χ2n) is 6.15. The molecule has 3 rings (SSSR count). The average Bonchev–Trinajstić information content (AvgIpc) is 3.14. The molecule has 0 saturated carbocycles. The standard InChI is InChI=1S/C21H22N4O3/c1-2-19-18(14-23-25(19)16-6-4-3-5-7-16)21(27)24-15-8-10-17(11-9-15)28-13-12-20(22)26/h3-11,14H,2,12-13H2,1H3,(H2,22,26)(H,24,27). The van der Waals surface area contributed by atoms with Gasteiger partial charge in [-0.3, -0.25) is 9.59 Å². The summed E-state index contributed by atoms with van der Waals surface area (Å²) >= 11 is 0. The number of aromatic nitrogens is 2. The van der Waals surface area contributed by atoms with E-state index in [1.807, 2.05) is 37.3 Å². The van der Waals surface area contributed by atoms with Crippen molar-refractivity contribution in [3.8, 4) is 11.4 Å². The molecule has 0 unspecified atom stereocenters. The van der Waals surface area contributed by atoms with E-state index in [9.17, 15) is 9.59 Å². The van der Waals surface area contributed by atoms with E-state index in [2.05, 4.69) is 10.4 Å². The number of para-hydroxylation sites is 1. The fraction of sp³-hybridized carbons (Fsp3) is 0.190. The number of nitrogens with one attached hydrogen (secondary N) is 1. The van der Waals surface area contributed by atoms with E-state index in [4.69, 9.17) is 10.5 Å². The van der Waals surface area contributed by atoms with Crippen LogP contribution in [-0.4, -0.2) is 28.2 Å². The molecule has 1 heterocycles. The molecule has 0 bridgehead atoms. The quantitative estimate of drug-likeness (QED) is 0.629. The fourth-order valence-corrected chi connectivity index (χ4v) is 2.80. The molecule has 0 radical (unpaired) electrons. The molecule has 2 aromatic carbocycles. The molecule has 0 aliphatic heterocycles.